The molecule has 0 nitrogen and oxygen atoms in total. The Morgan fingerprint density at radius 2 is 1.18 bits per heavy atom. The minimum atomic E-state index is -1.04. The Labute approximate surface area is 85.4 Å². The Morgan fingerprint density at radius 3 is 1.27 bits per heavy atom. The van der Waals surface area contributed by atoms with Crippen LogP contribution in [0.25, 0.3) is 0 Å². The molecule has 0 radical (unpaired) electrons. The molecule has 2 bridgehead atoms. The molecule has 1 saturated carbocycles. The van der Waals surface area contributed by atoms with E-state index in [4.69, 9.17) is 46.4 Å². The summed E-state index contributed by atoms with van der Waals surface area (Å²) in [4.78, 5) is -1.28. The van der Waals surface area contributed by atoms with Crippen molar-refractivity contribution in [3.05, 3.63) is 12.2 Å². The van der Waals surface area contributed by atoms with E-state index in [2.05, 4.69) is 0 Å². The van der Waals surface area contributed by atoms with Crippen molar-refractivity contribution in [3.63, 3.8) is 0 Å². The summed E-state index contributed by atoms with van der Waals surface area (Å²) in [6.45, 7) is 0. The van der Waals surface area contributed by atoms with Crippen LogP contribution in [-0.4, -0.2) is 14.1 Å². The van der Waals surface area contributed by atoms with E-state index in [0.717, 1.165) is 12.8 Å². The van der Waals surface area contributed by atoms with E-state index in [1.165, 1.54) is 0 Å². The molecule has 0 aromatic rings. The van der Waals surface area contributed by atoms with Gasteiger partial charge in [-0.3, -0.25) is 0 Å². The third-order valence-electron chi connectivity index (χ3n) is 2.51. The molecule has 2 unspecified atom stereocenters. The van der Waals surface area contributed by atoms with Crippen LogP contribution in [-0.2, 0) is 0 Å². The van der Waals surface area contributed by atoms with Gasteiger partial charge in [-0.25, -0.2) is 0 Å². The van der Waals surface area contributed by atoms with Gasteiger partial charge in [-0.2, -0.15) is 0 Å². The highest BCUT2D eigenvalue weighted by Crippen LogP contribution is 2.65. The second kappa shape index (κ2) is 2.04. The van der Waals surface area contributed by atoms with Gasteiger partial charge in [0.25, 0.3) is 0 Å². The van der Waals surface area contributed by atoms with Gasteiger partial charge >= 0.3 is 0 Å². The summed E-state index contributed by atoms with van der Waals surface area (Å²) in [5.41, 5.74) is 0. The van der Waals surface area contributed by atoms with Gasteiger partial charge in [0, 0.05) is 0 Å². The molecule has 0 aromatic heterocycles. The molecular weight excluding hydrogens is 226 g/mol. The molecule has 11 heavy (non-hydrogen) atoms. The second-order valence-electron chi connectivity index (χ2n) is 3.13. The van der Waals surface area contributed by atoms with E-state index < -0.39 is 14.1 Å². The van der Waals surface area contributed by atoms with Crippen molar-refractivity contribution < 1.29 is 0 Å². The molecule has 4 heteroatoms. The number of alkyl halides is 4. The Bertz CT molecular complexity index is 213. The monoisotopic (exact) mass is 230 g/mol. The van der Waals surface area contributed by atoms with E-state index in [-0.39, 0.29) is 0 Å². The summed E-state index contributed by atoms with van der Waals surface area (Å²) in [6.07, 6.45) is 5.12. The van der Waals surface area contributed by atoms with E-state index in [9.17, 15) is 0 Å². The van der Waals surface area contributed by atoms with Gasteiger partial charge in [-0.05, 0) is 12.8 Å². The fourth-order valence-electron chi connectivity index (χ4n) is 1.66. The van der Waals surface area contributed by atoms with Gasteiger partial charge < -0.3 is 0 Å². The van der Waals surface area contributed by atoms with Crippen LogP contribution >= 0.6 is 46.4 Å². The zero-order chi connectivity index (χ0) is 8.33. The summed E-state index contributed by atoms with van der Waals surface area (Å²) in [6, 6.07) is 0. The van der Waals surface area contributed by atoms with Crippen LogP contribution in [0.1, 0.15) is 12.8 Å². The molecule has 62 valence electrons. The number of hydrogen-bond acceptors (Lipinski definition) is 0. The number of rotatable bonds is 0. The molecule has 0 aromatic carbocycles. The first kappa shape index (κ1) is 8.50. The van der Waals surface area contributed by atoms with Crippen molar-refractivity contribution in [1.29, 1.82) is 0 Å². The van der Waals surface area contributed by atoms with Gasteiger partial charge in [0.1, 0.15) is 0 Å². The lowest BCUT2D eigenvalue weighted by atomic mass is 10.1. The first-order valence-electron chi connectivity index (χ1n) is 3.37. The first-order valence-corrected chi connectivity index (χ1v) is 4.89. The van der Waals surface area contributed by atoms with Crippen LogP contribution in [0.3, 0.4) is 0 Å². The zero-order valence-corrected chi connectivity index (χ0v) is 8.60. The van der Waals surface area contributed by atoms with Gasteiger partial charge in [0.2, 0.25) is 0 Å². The van der Waals surface area contributed by atoms with Gasteiger partial charge in [0.15, 0.2) is 4.33 Å². The second-order valence-corrected chi connectivity index (χ2v) is 5.81. The summed E-state index contributed by atoms with van der Waals surface area (Å²) < 4.78 is -1.04. The molecule has 2 rings (SSSR count). The Hall–Kier alpha value is 0.900. The van der Waals surface area contributed by atoms with Crippen molar-refractivity contribution in [2.75, 3.05) is 0 Å². The van der Waals surface area contributed by atoms with Crippen LogP contribution in [0.5, 0.6) is 0 Å². The predicted molar refractivity (Wildman–Crippen MR) is 50.0 cm³/mol. The lowest BCUT2D eigenvalue weighted by molar-refractivity contribution is 0.691. The SMILES string of the molecule is ClC12C=CC(Cl)(CC1)C2(Cl)Cl. The summed E-state index contributed by atoms with van der Waals surface area (Å²) in [5.74, 6) is 0. The molecule has 0 saturated heterocycles. The summed E-state index contributed by atoms with van der Waals surface area (Å²) in [7, 11) is 0. The molecule has 0 heterocycles. The molecular formula is C7H6Cl4. The van der Waals surface area contributed by atoms with Crippen LogP contribution in [0, 0.1) is 0 Å². The Morgan fingerprint density at radius 1 is 0.818 bits per heavy atom. The molecule has 0 amide bonds. The number of hydrogen-bond donors (Lipinski definition) is 0. The van der Waals surface area contributed by atoms with Gasteiger partial charge in [-0.15, -0.1) is 23.2 Å². The maximum atomic E-state index is 6.14. The van der Waals surface area contributed by atoms with Crippen LogP contribution in [0.2, 0.25) is 0 Å². The smallest absolute Gasteiger partial charge is 0.111 e. The number of allylic oxidation sites excluding steroid dienone is 2. The van der Waals surface area contributed by atoms with Crippen molar-refractivity contribution in [1.82, 2.24) is 0 Å². The molecule has 0 aliphatic heterocycles. The standard InChI is InChI=1S/C7H6Cl4/c8-5-1-2-6(9,4-3-5)7(5,10)11/h1-2H,3-4H2. The maximum absolute atomic E-state index is 6.14. The lowest BCUT2D eigenvalue weighted by Crippen LogP contribution is -2.40. The molecule has 2 aliphatic carbocycles. The highest BCUT2D eigenvalue weighted by atomic mass is 35.5. The third-order valence-corrected chi connectivity index (χ3v) is 5.44. The van der Waals surface area contributed by atoms with E-state index >= 15 is 0 Å². The molecule has 0 spiro atoms. The average Bonchev–Trinajstić information content (AvgIpc) is 2.19. The highest BCUT2D eigenvalue weighted by molar-refractivity contribution is 6.59. The Kier molecular flexibility index (Phi) is 1.57. The Balaban J connectivity index is 2.53. The maximum Gasteiger partial charge on any atom is 0.163 e. The lowest BCUT2D eigenvalue weighted by Gasteiger charge is -2.29. The number of halogens is 4. The summed E-state index contributed by atoms with van der Waals surface area (Å²) >= 11 is 24.4. The molecule has 1 fully saturated rings. The molecule has 0 N–H and O–H groups in total. The molecule has 2 aliphatic rings. The number of fused-ring (bicyclic) bond motifs is 2. The summed E-state index contributed by atoms with van der Waals surface area (Å²) in [5, 5.41) is 0. The molecule has 2 atom stereocenters. The van der Waals surface area contributed by atoms with Gasteiger partial charge in [0.05, 0.1) is 9.75 Å². The van der Waals surface area contributed by atoms with E-state index in [1.54, 1.807) is 0 Å². The fraction of sp³-hybridized carbons (Fsp3) is 0.714. The normalized spacial score (nSPS) is 52.0. The van der Waals surface area contributed by atoms with E-state index in [1.807, 2.05) is 12.2 Å². The van der Waals surface area contributed by atoms with Crippen molar-refractivity contribution in [3.8, 4) is 0 Å². The predicted octanol–water partition coefficient (Wildman–Crippen LogP) is 3.48. The minimum Gasteiger partial charge on any atom is -0.111 e. The highest BCUT2D eigenvalue weighted by Gasteiger charge is 2.67. The fourth-order valence-corrected chi connectivity index (χ4v) is 2.99. The zero-order valence-electron chi connectivity index (χ0n) is 5.58. The van der Waals surface area contributed by atoms with Crippen LogP contribution in [0.4, 0.5) is 0 Å². The quantitative estimate of drug-likeness (QED) is 0.443. The topological polar surface area (TPSA) is 0 Å². The first-order chi connectivity index (χ1) is 4.91. The minimum absolute atomic E-state index is 0.641. The van der Waals surface area contributed by atoms with Crippen molar-refractivity contribution in [2.45, 2.75) is 26.9 Å². The third kappa shape index (κ3) is 0.798. The average molecular weight is 232 g/mol. The van der Waals surface area contributed by atoms with Crippen LogP contribution in [0.15, 0.2) is 12.2 Å². The van der Waals surface area contributed by atoms with Crippen molar-refractivity contribution >= 4 is 46.4 Å². The van der Waals surface area contributed by atoms with Gasteiger partial charge in [-0.1, -0.05) is 35.4 Å². The van der Waals surface area contributed by atoms with E-state index in [0.29, 0.717) is 0 Å². The largest absolute Gasteiger partial charge is 0.163 e. The van der Waals surface area contributed by atoms with Crippen molar-refractivity contribution in [2.24, 2.45) is 0 Å². The van der Waals surface area contributed by atoms with Crippen LogP contribution < -0.4 is 0 Å².